The van der Waals surface area contributed by atoms with Gasteiger partial charge in [0.05, 0.1) is 4.90 Å². The third-order valence-corrected chi connectivity index (χ3v) is 5.59. The third-order valence-electron chi connectivity index (χ3n) is 3.47. The Morgan fingerprint density at radius 2 is 1.68 bits per heavy atom. The highest BCUT2D eigenvalue weighted by atomic mass is 35.5. The summed E-state index contributed by atoms with van der Waals surface area (Å²) < 4.78 is 26.9. The second kappa shape index (κ2) is 5.07. The average Bonchev–Trinajstić information content (AvgIpc) is 2.80. The Morgan fingerprint density at radius 1 is 1.05 bits per heavy atom. The molecule has 0 N–H and O–H groups in total. The first-order valence-corrected chi connectivity index (χ1v) is 8.47. The van der Waals surface area contributed by atoms with Crippen molar-refractivity contribution in [2.24, 2.45) is 0 Å². The Hall–Kier alpha value is -1.92. The van der Waals surface area contributed by atoms with Crippen molar-refractivity contribution in [1.29, 1.82) is 0 Å². The number of halogens is 1. The molecule has 5 nitrogen and oxygen atoms in total. The molecule has 0 saturated carbocycles. The van der Waals surface area contributed by atoms with E-state index in [2.05, 4.69) is 10.3 Å². The second-order valence-corrected chi connectivity index (χ2v) is 7.44. The fraction of sp³-hybridized carbons (Fsp3) is 0.200. The molecular formula is C15H14ClN3O2S. The monoisotopic (exact) mass is 335 g/mol. The predicted molar refractivity (Wildman–Crippen MR) is 85.8 cm³/mol. The molecule has 7 heteroatoms. The molecule has 2 aromatic carbocycles. The maximum Gasteiger partial charge on any atom is 0.285 e. The van der Waals surface area contributed by atoms with E-state index >= 15 is 0 Å². The number of hydrogen-bond acceptors (Lipinski definition) is 4. The minimum absolute atomic E-state index is 0.264. The highest BCUT2D eigenvalue weighted by molar-refractivity contribution is 7.90. The highest BCUT2D eigenvalue weighted by Gasteiger charge is 2.25. The number of benzene rings is 2. The topological polar surface area (TPSA) is 64.8 Å². The Kier molecular flexibility index (Phi) is 3.45. The van der Waals surface area contributed by atoms with E-state index < -0.39 is 10.0 Å². The molecule has 0 unspecified atom stereocenters. The first kappa shape index (κ1) is 15.0. The van der Waals surface area contributed by atoms with Crippen molar-refractivity contribution in [3.8, 4) is 0 Å². The fourth-order valence-electron chi connectivity index (χ4n) is 2.71. The molecule has 3 aromatic rings. The summed E-state index contributed by atoms with van der Waals surface area (Å²) >= 11 is 5.90. The SMILES string of the molecule is Cc1cc(C)c(S(=O)(=O)n2nnc3cc(Cl)ccc32)c(C)c1. The molecule has 114 valence electrons. The van der Waals surface area contributed by atoms with Crippen molar-refractivity contribution in [1.82, 2.24) is 14.4 Å². The number of hydrogen-bond donors (Lipinski definition) is 0. The van der Waals surface area contributed by atoms with Crippen molar-refractivity contribution >= 4 is 32.7 Å². The summed E-state index contributed by atoms with van der Waals surface area (Å²) in [7, 11) is -3.81. The first-order valence-electron chi connectivity index (χ1n) is 6.65. The average molecular weight is 336 g/mol. The van der Waals surface area contributed by atoms with Crippen LogP contribution in [0.3, 0.4) is 0 Å². The van der Waals surface area contributed by atoms with Crippen LogP contribution in [0.1, 0.15) is 16.7 Å². The Morgan fingerprint density at radius 3 is 2.32 bits per heavy atom. The van der Waals surface area contributed by atoms with Gasteiger partial charge in [-0.2, -0.15) is 8.42 Å². The van der Waals surface area contributed by atoms with E-state index in [0.717, 1.165) is 9.65 Å². The van der Waals surface area contributed by atoms with Crippen molar-refractivity contribution in [3.63, 3.8) is 0 Å². The fourth-order valence-corrected chi connectivity index (χ4v) is 4.53. The molecule has 0 saturated heterocycles. The van der Waals surface area contributed by atoms with Gasteiger partial charge in [-0.3, -0.25) is 0 Å². The standard InChI is InChI=1S/C15H14ClN3O2S/c1-9-6-10(2)15(11(3)7-9)22(20,21)19-14-5-4-12(16)8-13(14)17-18-19/h4-8H,1-3H3. The minimum atomic E-state index is -3.81. The van der Waals surface area contributed by atoms with Crippen LogP contribution in [0.25, 0.3) is 11.0 Å². The highest BCUT2D eigenvalue weighted by Crippen LogP contribution is 2.26. The van der Waals surface area contributed by atoms with Crippen LogP contribution in [0.4, 0.5) is 0 Å². The summed E-state index contributed by atoms with van der Waals surface area (Å²) in [5.41, 5.74) is 3.25. The van der Waals surface area contributed by atoms with Gasteiger partial charge in [0.15, 0.2) is 0 Å². The van der Waals surface area contributed by atoms with Crippen molar-refractivity contribution in [2.45, 2.75) is 25.7 Å². The lowest BCUT2D eigenvalue weighted by Gasteiger charge is -2.12. The smallest absolute Gasteiger partial charge is 0.199 e. The van der Waals surface area contributed by atoms with E-state index in [1.807, 2.05) is 19.1 Å². The molecule has 1 heterocycles. The zero-order valence-electron chi connectivity index (χ0n) is 12.3. The molecule has 0 aliphatic rings. The van der Waals surface area contributed by atoms with Crippen molar-refractivity contribution in [3.05, 3.63) is 52.0 Å². The largest absolute Gasteiger partial charge is 0.285 e. The van der Waals surface area contributed by atoms with Crippen LogP contribution in [0, 0.1) is 20.8 Å². The second-order valence-electron chi connectivity index (χ2n) is 5.30. The molecule has 22 heavy (non-hydrogen) atoms. The van der Waals surface area contributed by atoms with E-state index in [1.54, 1.807) is 32.0 Å². The van der Waals surface area contributed by atoms with Crippen LogP contribution in [0.5, 0.6) is 0 Å². The van der Waals surface area contributed by atoms with Gasteiger partial charge in [-0.25, -0.2) is 0 Å². The zero-order valence-corrected chi connectivity index (χ0v) is 13.9. The third kappa shape index (κ3) is 2.28. The molecule has 0 atom stereocenters. The number of nitrogens with zero attached hydrogens (tertiary/aromatic N) is 3. The van der Waals surface area contributed by atoms with E-state index in [9.17, 15) is 8.42 Å². The van der Waals surface area contributed by atoms with Crippen LogP contribution < -0.4 is 0 Å². The summed E-state index contributed by atoms with van der Waals surface area (Å²) in [5.74, 6) is 0. The van der Waals surface area contributed by atoms with Crippen molar-refractivity contribution in [2.75, 3.05) is 0 Å². The molecule has 0 radical (unpaired) electrons. The van der Waals surface area contributed by atoms with E-state index in [4.69, 9.17) is 11.6 Å². The lowest BCUT2D eigenvalue weighted by molar-refractivity contribution is 0.578. The minimum Gasteiger partial charge on any atom is -0.199 e. The van der Waals surface area contributed by atoms with E-state index in [-0.39, 0.29) is 4.90 Å². The van der Waals surface area contributed by atoms with Crippen molar-refractivity contribution < 1.29 is 8.42 Å². The van der Waals surface area contributed by atoms with Crippen LogP contribution in [0.2, 0.25) is 5.02 Å². The first-order chi connectivity index (χ1) is 10.3. The zero-order chi connectivity index (χ0) is 16.1. The van der Waals surface area contributed by atoms with Gasteiger partial charge in [0.25, 0.3) is 10.0 Å². The normalized spacial score (nSPS) is 12.0. The van der Waals surface area contributed by atoms with E-state index in [0.29, 0.717) is 27.2 Å². The lowest BCUT2D eigenvalue weighted by Crippen LogP contribution is -2.17. The summed E-state index contributed by atoms with van der Waals surface area (Å²) in [4.78, 5) is 0.264. The van der Waals surface area contributed by atoms with Gasteiger partial charge in [-0.1, -0.05) is 34.5 Å². The quantitative estimate of drug-likeness (QED) is 0.721. The lowest BCUT2D eigenvalue weighted by atomic mass is 10.1. The number of aromatic nitrogens is 3. The van der Waals surface area contributed by atoms with Gasteiger partial charge >= 0.3 is 0 Å². The number of aryl methyl sites for hydroxylation is 3. The molecule has 0 amide bonds. The maximum absolute atomic E-state index is 13.0. The van der Waals surface area contributed by atoms with Gasteiger partial charge in [-0.05, 0) is 50.1 Å². The molecule has 1 aromatic heterocycles. The molecule has 0 aliphatic carbocycles. The van der Waals surface area contributed by atoms with Gasteiger partial charge in [0.1, 0.15) is 11.0 Å². The number of rotatable bonds is 2. The maximum atomic E-state index is 13.0. The van der Waals surface area contributed by atoms with Gasteiger partial charge in [0, 0.05) is 5.02 Å². The summed E-state index contributed by atoms with van der Waals surface area (Å²) in [6.45, 7) is 5.50. The van der Waals surface area contributed by atoms with Crippen LogP contribution in [-0.2, 0) is 10.0 Å². The molecule has 0 bridgehead atoms. The van der Waals surface area contributed by atoms with Gasteiger partial charge in [-0.15, -0.1) is 9.19 Å². The number of fused-ring (bicyclic) bond motifs is 1. The molecular weight excluding hydrogens is 322 g/mol. The summed E-state index contributed by atoms with van der Waals surface area (Å²) in [6.07, 6.45) is 0. The van der Waals surface area contributed by atoms with Crippen LogP contribution >= 0.6 is 11.6 Å². The Labute approximate surface area is 133 Å². The molecule has 0 spiro atoms. The molecule has 0 fully saturated rings. The van der Waals surface area contributed by atoms with E-state index in [1.165, 1.54) is 0 Å². The molecule has 3 rings (SSSR count). The predicted octanol–water partition coefficient (Wildman–Crippen LogP) is 3.25. The summed E-state index contributed by atoms with van der Waals surface area (Å²) in [5, 5.41) is 8.19. The van der Waals surface area contributed by atoms with Gasteiger partial charge in [0.2, 0.25) is 0 Å². The Balaban J connectivity index is 2.30. The van der Waals surface area contributed by atoms with Gasteiger partial charge < -0.3 is 0 Å². The molecule has 0 aliphatic heterocycles. The Bertz CT molecular complexity index is 970. The van der Waals surface area contributed by atoms with Crippen LogP contribution in [0.15, 0.2) is 35.2 Å². The summed E-state index contributed by atoms with van der Waals surface area (Å²) in [6, 6.07) is 8.50. The van der Waals surface area contributed by atoms with Crippen LogP contribution in [-0.4, -0.2) is 22.8 Å².